The molecule has 0 saturated carbocycles. The minimum absolute atomic E-state index is 0.0266. The average Bonchev–Trinajstić information content (AvgIpc) is 2.73. The van der Waals surface area contributed by atoms with Gasteiger partial charge < -0.3 is 5.21 Å². The zero-order chi connectivity index (χ0) is 23.5. The van der Waals surface area contributed by atoms with E-state index in [-0.39, 0.29) is 33.6 Å². The van der Waals surface area contributed by atoms with E-state index in [9.17, 15) is 26.4 Å². The molecule has 3 aromatic rings. The Labute approximate surface area is 187 Å². The van der Waals surface area contributed by atoms with Gasteiger partial charge in [0, 0.05) is 18.2 Å². The third-order valence-corrected chi connectivity index (χ3v) is 8.16. The molecule has 0 atom stereocenters. The number of hydrogen-bond donors (Lipinski definition) is 1. The number of benzene rings is 2. The highest BCUT2D eigenvalue weighted by atomic mass is 32.2. The number of sulfonamides is 1. The third kappa shape index (κ3) is 5.32. The second-order valence-electron chi connectivity index (χ2n) is 7.53. The second-order valence-corrected chi connectivity index (χ2v) is 11.2. The van der Waals surface area contributed by atoms with Crippen LogP contribution in [-0.4, -0.2) is 23.4 Å². The molecule has 2 aromatic carbocycles. The maximum Gasteiger partial charge on any atom is 0.240 e. The largest absolute Gasteiger partial charge is 0.619 e. The van der Waals surface area contributed by atoms with Gasteiger partial charge in [-0.3, -0.25) is 0 Å². The van der Waals surface area contributed by atoms with E-state index >= 15 is 0 Å². The van der Waals surface area contributed by atoms with Crippen LogP contribution in [0.3, 0.4) is 0 Å². The van der Waals surface area contributed by atoms with Crippen molar-refractivity contribution >= 4 is 19.9 Å². The summed E-state index contributed by atoms with van der Waals surface area (Å²) < 4.78 is 68.4. The van der Waals surface area contributed by atoms with Crippen molar-refractivity contribution in [3.05, 3.63) is 89.1 Å². The lowest BCUT2D eigenvalue weighted by Gasteiger charge is -2.16. The van der Waals surface area contributed by atoms with Gasteiger partial charge in [0.25, 0.3) is 0 Å². The van der Waals surface area contributed by atoms with Crippen molar-refractivity contribution in [1.82, 2.24) is 4.72 Å². The number of halogens is 1. The lowest BCUT2D eigenvalue weighted by atomic mass is 10.0. The monoisotopic (exact) mass is 478 g/mol. The standard InChI is InChI=1S/C22H23FN2O5S2/c1-16(2)21-10-9-20(31(27,28)19-7-5-18(23)6-8-19)14-22(21)32(29,30)24-12-11-17-4-3-13-25(26)15-17/h3-10,13-16,24H,11-12H2,1-2H3. The summed E-state index contributed by atoms with van der Waals surface area (Å²) >= 11 is 0. The highest BCUT2D eigenvalue weighted by Crippen LogP contribution is 2.29. The molecule has 1 aromatic heterocycles. The molecule has 0 unspecified atom stereocenters. The molecule has 10 heteroatoms. The first kappa shape index (κ1) is 23.8. The predicted molar refractivity (Wildman–Crippen MR) is 117 cm³/mol. The first-order chi connectivity index (χ1) is 15.0. The van der Waals surface area contributed by atoms with E-state index in [4.69, 9.17) is 0 Å². The molecule has 0 fully saturated rings. The van der Waals surface area contributed by atoms with Gasteiger partial charge in [-0.25, -0.2) is 25.9 Å². The van der Waals surface area contributed by atoms with Gasteiger partial charge in [0.05, 0.1) is 14.7 Å². The molecule has 1 heterocycles. The molecule has 0 spiro atoms. The van der Waals surface area contributed by atoms with Crippen molar-refractivity contribution in [3.63, 3.8) is 0 Å². The van der Waals surface area contributed by atoms with E-state index in [0.717, 1.165) is 30.3 Å². The van der Waals surface area contributed by atoms with Crippen LogP contribution in [-0.2, 0) is 26.3 Å². The number of pyridine rings is 1. The summed E-state index contributed by atoms with van der Waals surface area (Å²) in [5, 5.41) is 11.4. The summed E-state index contributed by atoms with van der Waals surface area (Å²) in [6, 6.07) is 11.6. The maximum absolute atomic E-state index is 13.2. The molecule has 0 aliphatic carbocycles. The van der Waals surface area contributed by atoms with Crippen LogP contribution in [0.2, 0.25) is 0 Å². The fourth-order valence-corrected chi connectivity index (χ4v) is 5.98. The molecule has 1 N–H and O–H groups in total. The van der Waals surface area contributed by atoms with Crippen LogP contribution in [0.15, 0.2) is 81.7 Å². The fourth-order valence-electron chi connectivity index (χ4n) is 3.20. The molecule has 0 aliphatic heterocycles. The number of sulfone groups is 1. The predicted octanol–water partition coefficient (Wildman–Crippen LogP) is 2.94. The van der Waals surface area contributed by atoms with Gasteiger partial charge in [-0.15, -0.1) is 0 Å². The molecule has 170 valence electrons. The molecule has 3 rings (SSSR count). The van der Waals surface area contributed by atoms with Crippen LogP contribution in [0.1, 0.15) is 30.9 Å². The molecule has 32 heavy (non-hydrogen) atoms. The Morgan fingerprint density at radius 3 is 2.28 bits per heavy atom. The zero-order valence-electron chi connectivity index (χ0n) is 17.5. The highest BCUT2D eigenvalue weighted by molar-refractivity contribution is 7.91. The van der Waals surface area contributed by atoms with E-state index in [0.29, 0.717) is 15.9 Å². The average molecular weight is 479 g/mol. The van der Waals surface area contributed by atoms with Gasteiger partial charge in [-0.1, -0.05) is 19.9 Å². The normalized spacial score (nSPS) is 12.2. The lowest BCUT2D eigenvalue weighted by molar-refractivity contribution is -0.605. The summed E-state index contributed by atoms with van der Waals surface area (Å²) in [5.74, 6) is -0.759. The Balaban J connectivity index is 1.94. The molecule has 0 aliphatic rings. The molecule has 0 saturated heterocycles. The van der Waals surface area contributed by atoms with Crippen LogP contribution in [0, 0.1) is 11.0 Å². The van der Waals surface area contributed by atoms with E-state index in [1.54, 1.807) is 26.0 Å². The van der Waals surface area contributed by atoms with E-state index in [1.807, 2.05) is 0 Å². The minimum Gasteiger partial charge on any atom is -0.619 e. The Morgan fingerprint density at radius 1 is 1.00 bits per heavy atom. The Morgan fingerprint density at radius 2 is 1.66 bits per heavy atom. The van der Waals surface area contributed by atoms with Crippen molar-refractivity contribution in [3.8, 4) is 0 Å². The first-order valence-corrected chi connectivity index (χ1v) is 12.8. The van der Waals surface area contributed by atoms with E-state index < -0.39 is 25.7 Å². The second kappa shape index (κ2) is 9.35. The first-order valence-electron chi connectivity index (χ1n) is 9.83. The van der Waals surface area contributed by atoms with E-state index in [1.165, 1.54) is 24.5 Å². The summed E-state index contributed by atoms with van der Waals surface area (Å²) in [6.45, 7) is 3.64. The molecule has 0 bridgehead atoms. The summed E-state index contributed by atoms with van der Waals surface area (Å²) in [5.41, 5.74) is 1.12. The van der Waals surface area contributed by atoms with Crippen LogP contribution in [0.25, 0.3) is 0 Å². The molecule has 7 nitrogen and oxygen atoms in total. The number of hydrogen-bond acceptors (Lipinski definition) is 5. The van der Waals surface area contributed by atoms with Gasteiger partial charge in [0.1, 0.15) is 5.82 Å². The Hall–Kier alpha value is -2.82. The molecular formula is C22H23FN2O5S2. The van der Waals surface area contributed by atoms with Crippen molar-refractivity contribution in [2.24, 2.45) is 0 Å². The number of nitrogens with one attached hydrogen (secondary N) is 1. The smallest absolute Gasteiger partial charge is 0.240 e. The zero-order valence-corrected chi connectivity index (χ0v) is 19.2. The number of rotatable bonds is 8. The van der Waals surface area contributed by atoms with Crippen molar-refractivity contribution in [2.75, 3.05) is 6.54 Å². The number of aromatic nitrogens is 1. The summed E-state index contributed by atoms with van der Waals surface area (Å²) in [7, 11) is -8.09. The Bertz CT molecular complexity index is 1320. The lowest BCUT2D eigenvalue weighted by Crippen LogP contribution is -2.29. The summed E-state index contributed by atoms with van der Waals surface area (Å²) in [4.78, 5) is -0.477. The van der Waals surface area contributed by atoms with Gasteiger partial charge in [-0.2, -0.15) is 4.73 Å². The van der Waals surface area contributed by atoms with Crippen molar-refractivity contribution < 1.29 is 26.0 Å². The quantitative estimate of drug-likeness (QED) is 0.304. The summed E-state index contributed by atoms with van der Waals surface area (Å²) in [6.07, 6.45) is 2.96. The highest BCUT2D eigenvalue weighted by Gasteiger charge is 2.25. The van der Waals surface area contributed by atoms with E-state index in [2.05, 4.69) is 4.72 Å². The van der Waals surface area contributed by atoms with Gasteiger partial charge >= 0.3 is 0 Å². The van der Waals surface area contributed by atoms with Gasteiger partial charge in [-0.05, 0) is 60.4 Å². The molecular weight excluding hydrogens is 455 g/mol. The van der Waals surface area contributed by atoms with Crippen molar-refractivity contribution in [2.45, 2.75) is 40.9 Å². The maximum atomic E-state index is 13.2. The minimum atomic E-state index is -4.05. The van der Waals surface area contributed by atoms with Crippen molar-refractivity contribution in [1.29, 1.82) is 0 Å². The van der Waals surface area contributed by atoms with Gasteiger partial charge in [0.2, 0.25) is 19.9 Å². The van der Waals surface area contributed by atoms with Crippen LogP contribution >= 0.6 is 0 Å². The van der Waals surface area contributed by atoms with Crippen LogP contribution in [0.5, 0.6) is 0 Å². The Kier molecular flexibility index (Phi) is 6.97. The van der Waals surface area contributed by atoms with Crippen LogP contribution in [0.4, 0.5) is 4.39 Å². The van der Waals surface area contributed by atoms with Crippen LogP contribution < -0.4 is 9.45 Å². The molecule has 0 radical (unpaired) electrons. The SMILES string of the molecule is CC(C)c1ccc(S(=O)(=O)c2ccc(F)cc2)cc1S(=O)(=O)NCCc1ccc[n+]([O-])c1. The molecule has 0 amide bonds. The van der Waals surface area contributed by atoms with Gasteiger partial charge in [0.15, 0.2) is 12.4 Å². The number of nitrogens with zero attached hydrogens (tertiary/aromatic N) is 1. The third-order valence-electron chi connectivity index (χ3n) is 4.87. The fraction of sp³-hybridized carbons (Fsp3) is 0.227. The topological polar surface area (TPSA) is 107 Å².